The molecule has 2 aromatic carbocycles. The van der Waals surface area contributed by atoms with E-state index < -0.39 is 0 Å². The van der Waals surface area contributed by atoms with Gasteiger partial charge in [0, 0.05) is 36.5 Å². The van der Waals surface area contributed by atoms with E-state index in [1.165, 1.54) is 24.9 Å². The summed E-state index contributed by atoms with van der Waals surface area (Å²) in [5, 5.41) is 12.7. The third-order valence-electron chi connectivity index (χ3n) is 6.19. The fourth-order valence-corrected chi connectivity index (χ4v) is 4.83. The quantitative estimate of drug-likeness (QED) is 0.570. The summed E-state index contributed by atoms with van der Waals surface area (Å²) in [6, 6.07) is 15.4. The van der Waals surface area contributed by atoms with Gasteiger partial charge in [0.2, 0.25) is 0 Å². The van der Waals surface area contributed by atoms with Crippen LogP contribution in [0, 0.1) is 5.92 Å². The highest BCUT2D eigenvalue weighted by Crippen LogP contribution is 2.39. The fourth-order valence-electron chi connectivity index (χ4n) is 4.83. The highest BCUT2D eigenvalue weighted by atomic mass is 16.5. The SMILES string of the molecule is C=Cc1cc(NC2CC3CC2N(CCc2cccc(OCCO)c2)C3)ccc1N. The highest BCUT2D eigenvalue weighted by molar-refractivity contribution is 5.68. The Hall–Kier alpha value is -2.50. The van der Waals surface area contributed by atoms with Crippen LogP contribution in [0.15, 0.2) is 49.0 Å². The van der Waals surface area contributed by atoms with Crippen LogP contribution < -0.4 is 15.8 Å². The zero-order valence-electron chi connectivity index (χ0n) is 16.9. The normalized spacial score (nSPS) is 23.3. The van der Waals surface area contributed by atoms with Gasteiger partial charge in [0.1, 0.15) is 12.4 Å². The molecule has 2 aliphatic rings. The van der Waals surface area contributed by atoms with Crippen molar-refractivity contribution in [2.75, 3.05) is 37.4 Å². The molecule has 1 aliphatic carbocycles. The first kappa shape index (κ1) is 19.8. The van der Waals surface area contributed by atoms with E-state index in [1.807, 2.05) is 24.3 Å². The van der Waals surface area contributed by atoms with E-state index in [0.717, 1.165) is 41.6 Å². The van der Waals surface area contributed by atoms with E-state index in [2.05, 4.69) is 41.1 Å². The van der Waals surface area contributed by atoms with Gasteiger partial charge in [0.25, 0.3) is 0 Å². The number of fused-ring (bicyclic) bond motifs is 2. The third-order valence-corrected chi connectivity index (χ3v) is 6.19. The molecule has 3 atom stereocenters. The number of nitrogens with one attached hydrogen (secondary N) is 1. The van der Waals surface area contributed by atoms with Crippen LogP contribution in [0.25, 0.3) is 6.08 Å². The Morgan fingerprint density at radius 1 is 1.24 bits per heavy atom. The van der Waals surface area contributed by atoms with Crippen molar-refractivity contribution in [2.24, 2.45) is 5.92 Å². The molecule has 0 aromatic heterocycles. The van der Waals surface area contributed by atoms with Crippen molar-refractivity contribution in [3.8, 4) is 5.75 Å². The molecule has 1 saturated heterocycles. The molecule has 29 heavy (non-hydrogen) atoms. The third kappa shape index (κ3) is 4.57. The van der Waals surface area contributed by atoms with E-state index in [9.17, 15) is 0 Å². The Morgan fingerprint density at radius 2 is 2.14 bits per heavy atom. The second kappa shape index (κ2) is 8.89. The Labute approximate surface area is 173 Å². The topological polar surface area (TPSA) is 70.8 Å². The second-order valence-electron chi connectivity index (χ2n) is 8.17. The van der Waals surface area contributed by atoms with E-state index >= 15 is 0 Å². The number of nitrogens with zero attached hydrogens (tertiary/aromatic N) is 1. The van der Waals surface area contributed by atoms with Crippen molar-refractivity contribution in [2.45, 2.75) is 31.3 Å². The molecule has 2 aromatic rings. The molecule has 0 spiro atoms. The molecule has 1 saturated carbocycles. The number of aliphatic hydroxyl groups is 1. The number of rotatable bonds is 9. The lowest BCUT2D eigenvalue weighted by atomic mass is 10.0. The minimum Gasteiger partial charge on any atom is -0.491 e. The number of likely N-dealkylation sites (tertiary alicyclic amines) is 1. The summed E-state index contributed by atoms with van der Waals surface area (Å²) in [5.74, 6) is 1.62. The number of hydrogen-bond donors (Lipinski definition) is 3. The first-order valence-corrected chi connectivity index (χ1v) is 10.5. The summed E-state index contributed by atoms with van der Waals surface area (Å²) >= 11 is 0. The fraction of sp³-hybridized carbons (Fsp3) is 0.417. The maximum atomic E-state index is 8.93. The van der Waals surface area contributed by atoms with Crippen LogP contribution in [0.1, 0.15) is 24.0 Å². The molecule has 4 N–H and O–H groups in total. The van der Waals surface area contributed by atoms with Crippen molar-refractivity contribution in [3.63, 3.8) is 0 Å². The molecule has 1 aliphatic heterocycles. The number of benzene rings is 2. The maximum Gasteiger partial charge on any atom is 0.119 e. The first-order chi connectivity index (χ1) is 14.2. The van der Waals surface area contributed by atoms with Gasteiger partial charge in [-0.1, -0.05) is 24.8 Å². The van der Waals surface area contributed by atoms with Crippen LogP contribution in [0.2, 0.25) is 0 Å². The summed E-state index contributed by atoms with van der Waals surface area (Å²) in [5.41, 5.74) is 10.2. The van der Waals surface area contributed by atoms with Gasteiger partial charge >= 0.3 is 0 Å². The average molecular weight is 394 g/mol. The molecular formula is C24H31N3O2. The smallest absolute Gasteiger partial charge is 0.119 e. The number of aliphatic hydroxyl groups excluding tert-OH is 1. The maximum absolute atomic E-state index is 8.93. The second-order valence-corrected chi connectivity index (χ2v) is 8.17. The van der Waals surface area contributed by atoms with Gasteiger partial charge in [0.15, 0.2) is 0 Å². The number of anilines is 2. The summed E-state index contributed by atoms with van der Waals surface area (Å²) < 4.78 is 5.54. The number of hydrogen-bond acceptors (Lipinski definition) is 5. The first-order valence-electron chi connectivity index (χ1n) is 10.5. The largest absolute Gasteiger partial charge is 0.491 e. The molecule has 0 amide bonds. The molecule has 4 rings (SSSR count). The van der Waals surface area contributed by atoms with Crippen molar-refractivity contribution in [1.29, 1.82) is 0 Å². The van der Waals surface area contributed by atoms with E-state index in [4.69, 9.17) is 15.6 Å². The number of nitrogens with two attached hydrogens (primary N) is 1. The minimum atomic E-state index is 0.0394. The van der Waals surface area contributed by atoms with Crippen molar-refractivity contribution >= 4 is 17.5 Å². The minimum absolute atomic E-state index is 0.0394. The van der Waals surface area contributed by atoms with Crippen LogP contribution in [0.3, 0.4) is 0 Å². The van der Waals surface area contributed by atoms with E-state index in [0.29, 0.717) is 18.7 Å². The van der Waals surface area contributed by atoms with Crippen molar-refractivity contribution in [1.82, 2.24) is 4.90 Å². The van der Waals surface area contributed by atoms with Crippen molar-refractivity contribution in [3.05, 3.63) is 60.2 Å². The van der Waals surface area contributed by atoms with Gasteiger partial charge in [-0.05, 0) is 66.6 Å². The number of ether oxygens (including phenoxy) is 1. The molecule has 154 valence electrons. The van der Waals surface area contributed by atoms with Crippen LogP contribution in [0.5, 0.6) is 5.75 Å². The number of piperidine rings is 1. The predicted molar refractivity (Wildman–Crippen MR) is 119 cm³/mol. The summed E-state index contributed by atoms with van der Waals surface area (Å²) in [6.07, 6.45) is 5.33. The summed E-state index contributed by atoms with van der Waals surface area (Å²) in [7, 11) is 0. The summed E-state index contributed by atoms with van der Waals surface area (Å²) in [6.45, 7) is 6.49. The van der Waals surface area contributed by atoms with Crippen molar-refractivity contribution < 1.29 is 9.84 Å². The van der Waals surface area contributed by atoms with Crippen LogP contribution in [-0.2, 0) is 6.42 Å². The van der Waals surface area contributed by atoms with Crippen LogP contribution in [-0.4, -0.2) is 48.4 Å². The molecule has 0 radical (unpaired) electrons. The predicted octanol–water partition coefficient (Wildman–Crippen LogP) is 3.40. The van der Waals surface area contributed by atoms with Gasteiger partial charge < -0.3 is 20.9 Å². The molecule has 5 nitrogen and oxygen atoms in total. The van der Waals surface area contributed by atoms with Gasteiger partial charge in [0.05, 0.1) is 6.61 Å². The average Bonchev–Trinajstić information content (AvgIpc) is 3.32. The monoisotopic (exact) mass is 393 g/mol. The Morgan fingerprint density at radius 3 is 2.93 bits per heavy atom. The molecule has 2 fully saturated rings. The highest BCUT2D eigenvalue weighted by Gasteiger charge is 2.44. The molecule has 3 unspecified atom stereocenters. The van der Waals surface area contributed by atoms with E-state index in [1.54, 1.807) is 0 Å². The lowest BCUT2D eigenvalue weighted by Gasteiger charge is -2.34. The van der Waals surface area contributed by atoms with Gasteiger partial charge in [-0.15, -0.1) is 0 Å². The van der Waals surface area contributed by atoms with Gasteiger partial charge in [-0.2, -0.15) is 0 Å². The van der Waals surface area contributed by atoms with E-state index in [-0.39, 0.29) is 6.61 Å². The molecule has 5 heteroatoms. The molecule has 2 bridgehead atoms. The van der Waals surface area contributed by atoms with Crippen LogP contribution in [0.4, 0.5) is 11.4 Å². The standard InChI is InChI=1S/C24H31N3O2/c1-2-19-15-20(6-7-22(19)25)26-23-13-18-14-24(23)27(16-18)9-8-17-4-3-5-21(12-17)29-11-10-28/h2-7,12,15,18,23-24,26,28H,1,8-11,13-14,16,25H2. The Bertz CT molecular complexity index is 854. The van der Waals surface area contributed by atoms with Gasteiger partial charge in [-0.25, -0.2) is 0 Å². The Balaban J connectivity index is 1.35. The zero-order chi connectivity index (χ0) is 20.2. The molecular weight excluding hydrogens is 362 g/mol. The lowest BCUT2D eigenvalue weighted by molar-refractivity contribution is 0.200. The Kier molecular flexibility index (Phi) is 6.07. The van der Waals surface area contributed by atoms with Gasteiger partial charge in [-0.3, -0.25) is 4.90 Å². The number of nitrogen functional groups attached to an aromatic ring is 1. The summed E-state index contributed by atoms with van der Waals surface area (Å²) in [4.78, 5) is 2.64. The zero-order valence-corrected chi connectivity index (χ0v) is 16.9. The van der Waals surface area contributed by atoms with Crippen LogP contribution >= 0.6 is 0 Å². The molecule has 1 heterocycles. The lowest BCUT2D eigenvalue weighted by Crippen LogP contribution is -2.45.